The zero-order valence-corrected chi connectivity index (χ0v) is 19.4. The lowest BCUT2D eigenvalue weighted by atomic mass is 9.84. The summed E-state index contributed by atoms with van der Waals surface area (Å²) in [6, 6.07) is 12.9. The molecular formula is C26H31N3O4. The number of ether oxygens (including phenoxy) is 1. The molecule has 1 aromatic carbocycles. The van der Waals surface area contributed by atoms with Gasteiger partial charge in [0.2, 0.25) is 5.91 Å². The van der Waals surface area contributed by atoms with Crippen molar-refractivity contribution in [3.8, 4) is 0 Å². The molecule has 2 aliphatic heterocycles. The zero-order valence-electron chi connectivity index (χ0n) is 19.4. The van der Waals surface area contributed by atoms with Crippen molar-refractivity contribution in [1.82, 2.24) is 15.2 Å². The molecule has 174 valence electrons. The van der Waals surface area contributed by atoms with E-state index >= 15 is 0 Å². The minimum Gasteiger partial charge on any atom is -0.452 e. The number of aryl methyl sites for hydroxylation is 1. The Morgan fingerprint density at radius 3 is 2.67 bits per heavy atom. The molecule has 7 nitrogen and oxygen atoms in total. The predicted octanol–water partition coefficient (Wildman–Crippen LogP) is 2.81. The molecule has 4 rings (SSSR count). The van der Waals surface area contributed by atoms with Gasteiger partial charge >= 0.3 is 5.97 Å². The molecule has 2 fully saturated rings. The van der Waals surface area contributed by atoms with Crippen molar-refractivity contribution >= 4 is 17.8 Å². The first-order valence-corrected chi connectivity index (χ1v) is 11.5. The highest BCUT2D eigenvalue weighted by atomic mass is 16.6. The number of hydrogen-bond acceptors (Lipinski definition) is 5. The average Bonchev–Trinajstić information content (AvgIpc) is 3.32. The van der Waals surface area contributed by atoms with Crippen molar-refractivity contribution < 1.29 is 19.1 Å². The molecule has 0 spiro atoms. The summed E-state index contributed by atoms with van der Waals surface area (Å²) in [7, 11) is 0. The minimum absolute atomic E-state index is 0.207. The van der Waals surface area contributed by atoms with Crippen molar-refractivity contribution in [2.45, 2.75) is 58.7 Å². The van der Waals surface area contributed by atoms with E-state index in [0.717, 1.165) is 16.8 Å². The molecule has 2 aliphatic rings. The molecule has 0 unspecified atom stereocenters. The Morgan fingerprint density at radius 1 is 1.18 bits per heavy atom. The summed E-state index contributed by atoms with van der Waals surface area (Å²) in [4.78, 5) is 45.0. The van der Waals surface area contributed by atoms with Gasteiger partial charge in [-0.05, 0) is 42.4 Å². The lowest BCUT2D eigenvalue weighted by Gasteiger charge is -2.32. The van der Waals surface area contributed by atoms with Crippen molar-refractivity contribution in [2.75, 3.05) is 6.54 Å². The van der Waals surface area contributed by atoms with Crippen LogP contribution in [0.3, 0.4) is 0 Å². The second kappa shape index (κ2) is 9.33. The van der Waals surface area contributed by atoms with Crippen molar-refractivity contribution in [3.63, 3.8) is 0 Å². The van der Waals surface area contributed by atoms with Crippen LogP contribution in [-0.4, -0.2) is 46.4 Å². The van der Waals surface area contributed by atoms with Gasteiger partial charge in [-0.1, -0.05) is 50.2 Å². The van der Waals surface area contributed by atoms with Crippen LogP contribution < -0.4 is 5.32 Å². The fourth-order valence-electron chi connectivity index (χ4n) is 4.84. The summed E-state index contributed by atoms with van der Waals surface area (Å²) in [5.41, 5.74) is 2.45. The molecule has 0 radical (unpaired) electrons. The summed E-state index contributed by atoms with van der Waals surface area (Å²) in [6.07, 6.45) is 2.44. The Bertz CT molecular complexity index is 1040. The van der Waals surface area contributed by atoms with Crippen LogP contribution in [0.1, 0.15) is 43.5 Å². The van der Waals surface area contributed by atoms with E-state index in [1.807, 2.05) is 63.2 Å². The number of carbonyl (C=O) groups is 3. The number of carbonyl (C=O) groups excluding carboxylic acids is 3. The molecule has 1 aromatic heterocycles. The normalized spacial score (nSPS) is 23.9. The molecule has 0 aliphatic carbocycles. The Hall–Kier alpha value is -3.22. The van der Waals surface area contributed by atoms with Crippen LogP contribution >= 0.6 is 0 Å². The summed E-state index contributed by atoms with van der Waals surface area (Å²) in [6.45, 7) is 6.70. The largest absolute Gasteiger partial charge is 0.452 e. The Morgan fingerprint density at radius 2 is 1.94 bits per heavy atom. The van der Waals surface area contributed by atoms with Crippen LogP contribution in [0.15, 0.2) is 48.7 Å². The average molecular weight is 450 g/mol. The third-order valence-corrected chi connectivity index (χ3v) is 6.82. The number of nitrogens with one attached hydrogen (secondary N) is 1. The number of amides is 2. The Kier molecular flexibility index (Phi) is 6.49. The van der Waals surface area contributed by atoms with E-state index in [4.69, 9.17) is 4.74 Å². The molecule has 2 aromatic rings. The quantitative estimate of drug-likeness (QED) is 0.685. The van der Waals surface area contributed by atoms with Gasteiger partial charge in [-0.3, -0.25) is 19.4 Å². The van der Waals surface area contributed by atoms with Gasteiger partial charge in [0.25, 0.3) is 5.91 Å². The number of cyclic esters (lactones) is 1. The van der Waals surface area contributed by atoms with E-state index in [1.54, 1.807) is 11.1 Å². The van der Waals surface area contributed by atoms with E-state index in [9.17, 15) is 14.4 Å². The minimum atomic E-state index is -0.839. The van der Waals surface area contributed by atoms with Gasteiger partial charge in [-0.25, -0.2) is 0 Å². The number of aromatic nitrogens is 1. The Balaban J connectivity index is 1.43. The van der Waals surface area contributed by atoms with Crippen LogP contribution in [0.2, 0.25) is 0 Å². The number of hydrogen-bond donors (Lipinski definition) is 1. The van der Waals surface area contributed by atoms with Crippen LogP contribution in [0.4, 0.5) is 0 Å². The standard InChI is InChI=1S/C26H31N3O4/c1-17-8-7-12-27-20(17)16-28-23(30)22-26(2,3)11-13-29(22)24(31)21-15-19(25(32)33-21)14-18-9-5-4-6-10-18/h4-10,12,19,21-22H,11,13-16H2,1-3H3,(H,28,30)/t19-,21+,22-/m1/s1. The highest BCUT2D eigenvalue weighted by Gasteiger charge is 2.50. The van der Waals surface area contributed by atoms with E-state index in [1.165, 1.54) is 0 Å². The third kappa shape index (κ3) is 4.92. The van der Waals surface area contributed by atoms with Gasteiger partial charge in [0.1, 0.15) is 6.04 Å². The molecule has 0 bridgehead atoms. The topological polar surface area (TPSA) is 88.6 Å². The summed E-state index contributed by atoms with van der Waals surface area (Å²) >= 11 is 0. The zero-order chi connectivity index (χ0) is 23.6. The second-order valence-electron chi connectivity index (χ2n) is 9.71. The van der Waals surface area contributed by atoms with Crippen molar-refractivity contribution in [3.05, 3.63) is 65.5 Å². The van der Waals surface area contributed by atoms with Crippen LogP contribution in [0.5, 0.6) is 0 Å². The van der Waals surface area contributed by atoms with Crippen molar-refractivity contribution in [2.24, 2.45) is 11.3 Å². The fourth-order valence-corrected chi connectivity index (χ4v) is 4.84. The lowest BCUT2D eigenvalue weighted by molar-refractivity contribution is -0.156. The third-order valence-electron chi connectivity index (χ3n) is 6.82. The first-order chi connectivity index (χ1) is 15.8. The van der Waals surface area contributed by atoms with E-state index < -0.39 is 12.1 Å². The van der Waals surface area contributed by atoms with Gasteiger partial charge in [-0.2, -0.15) is 0 Å². The molecule has 1 N–H and O–H groups in total. The van der Waals surface area contributed by atoms with Gasteiger partial charge in [-0.15, -0.1) is 0 Å². The summed E-state index contributed by atoms with van der Waals surface area (Å²) < 4.78 is 5.49. The van der Waals surface area contributed by atoms with E-state index in [0.29, 0.717) is 32.4 Å². The number of benzene rings is 1. The van der Waals surface area contributed by atoms with E-state index in [2.05, 4.69) is 10.3 Å². The van der Waals surface area contributed by atoms with Crippen LogP contribution in [-0.2, 0) is 32.1 Å². The highest BCUT2D eigenvalue weighted by molar-refractivity contribution is 5.93. The van der Waals surface area contributed by atoms with Gasteiger partial charge in [0.05, 0.1) is 18.2 Å². The molecule has 3 atom stereocenters. The van der Waals surface area contributed by atoms with E-state index in [-0.39, 0.29) is 29.1 Å². The number of likely N-dealkylation sites (tertiary alicyclic amines) is 1. The molecular weight excluding hydrogens is 418 g/mol. The second-order valence-corrected chi connectivity index (χ2v) is 9.71. The molecule has 33 heavy (non-hydrogen) atoms. The maximum absolute atomic E-state index is 13.4. The van der Waals surface area contributed by atoms with Gasteiger partial charge in [0, 0.05) is 19.2 Å². The first kappa shape index (κ1) is 23.0. The number of rotatable bonds is 6. The van der Waals surface area contributed by atoms with Gasteiger partial charge < -0.3 is 15.0 Å². The van der Waals surface area contributed by atoms with Crippen molar-refractivity contribution in [1.29, 1.82) is 0 Å². The van der Waals surface area contributed by atoms with Crippen LogP contribution in [0.25, 0.3) is 0 Å². The lowest BCUT2D eigenvalue weighted by Crippen LogP contribution is -2.53. The highest BCUT2D eigenvalue weighted by Crippen LogP contribution is 2.38. The number of nitrogens with zero attached hydrogens (tertiary/aromatic N) is 2. The molecule has 2 saturated heterocycles. The summed E-state index contributed by atoms with van der Waals surface area (Å²) in [5.74, 6) is -1.18. The molecule has 0 saturated carbocycles. The maximum Gasteiger partial charge on any atom is 0.310 e. The molecule has 2 amide bonds. The molecule has 7 heteroatoms. The first-order valence-electron chi connectivity index (χ1n) is 11.5. The Labute approximate surface area is 194 Å². The predicted molar refractivity (Wildman–Crippen MR) is 123 cm³/mol. The fraction of sp³-hybridized carbons (Fsp3) is 0.462. The van der Waals surface area contributed by atoms with Gasteiger partial charge in [0.15, 0.2) is 6.10 Å². The van der Waals surface area contributed by atoms with Crippen LogP contribution in [0, 0.1) is 18.3 Å². The summed E-state index contributed by atoms with van der Waals surface area (Å²) in [5, 5.41) is 2.96. The smallest absolute Gasteiger partial charge is 0.310 e. The SMILES string of the molecule is Cc1cccnc1CNC(=O)[C@H]1N(C(=O)[C@@H]2C[C@@H](Cc3ccccc3)C(=O)O2)CCC1(C)C. The monoisotopic (exact) mass is 449 g/mol. The molecule has 3 heterocycles. The number of esters is 1. The maximum atomic E-state index is 13.4. The number of pyridine rings is 1.